The van der Waals surface area contributed by atoms with Gasteiger partial charge in [0.2, 0.25) is 0 Å². The molecule has 0 saturated heterocycles. The van der Waals surface area contributed by atoms with Gasteiger partial charge >= 0.3 is 0 Å². The van der Waals surface area contributed by atoms with Gasteiger partial charge in [-0.3, -0.25) is 0 Å². The lowest BCUT2D eigenvalue weighted by molar-refractivity contribution is 0.259. The molecule has 2 heteroatoms. The van der Waals surface area contributed by atoms with Crippen LogP contribution in [0, 0.1) is 17.2 Å². The first-order valence-electron chi connectivity index (χ1n) is 6.99. The average Bonchev–Trinajstić information content (AvgIpc) is 2.42. The Kier molecular flexibility index (Phi) is 4.78. The molecule has 1 aliphatic rings. The molecule has 2 rings (SSSR count). The molecule has 1 fully saturated rings. The Bertz CT molecular complexity index is 393. The first kappa shape index (κ1) is 13.1. The molecule has 1 aliphatic carbocycles. The van der Waals surface area contributed by atoms with Gasteiger partial charge in [0.15, 0.2) is 0 Å². The van der Waals surface area contributed by atoms with Crippen LogP contribution >= 0.6 is 0 Å². The van der Waals surface area contributed by atoms with Crippen LogP contribution in [0.4, 0.5) is 0 Å². The molecule has 1 N–H and O–H groups in total. The molecular formula is C16H22N2. The third-order valence-electron chi connectivity index (χ3n) is 4.02. The first-order valence-corrected chi connectivity index (χ1v) is 6.99. The molecule has 0 spiro atoms. The summed E-state index contributed by atoms with van der Waals surface area (Å²) in [6, 6.07) is 13.4. The molecule has 1 aromatic rings. The fourth-order valence-corrected chi connectivity index (χ4v) is 2.87. The fourth-order valence-electron chi connectivity index (χ4n) is 2.87. The summed E-state index contributed by atoms with van der Waals surface area (Å²) in [5.41, 5.74) is 1.23. The average molecular weight is 242 g/mol. The summed E-state index contributed by atoms with van der Waals surface area (Å²) in [4.78, 5) is 0. The highest BCUT2D eigenvalue weighted by molar-refractivity contribution is 5.20. The van der Waals surface area contributed by atoms with Crippen LogP contribution in [0.1, 0.15) is 50.6 Å². The van der Waals surface area contributed by atoms with Crippen LogP contribution in [0.15, 0.2) is 30.3 Å². The van der Waals surface area contributed by atoms with Crippen molar-refractivity contribution in [3.8, 4) is 6.07 Å². The number of rotatable bonds is 4. The van der Waals surface area contributed by atoms with Gasteiger partial charge in [0.05, 0.1) is 12.5 Å². The maximum Gasteiger partial charge on any atom is 0.0641 e. The highest BCUT2D eigenvalue weighted by Gasteiger charge is 2.24. The molecule has 3 atom stereocenters. The molecular weight excluding hydrogens is 220 g/mol. The van der Waals surface area contributed by atoms with Crippen molar-refractivity contribution in [1.82, 2.24) is 5.32 Å². The van der Waals surface area contributed by atoms with Crippen LogP contribution in [0.3, 0.4) is 0 Å². The quantitative estimate of drug-likeness (QED) is 0.871. The van der Waals surface area contributed by atoms with Crippen LogP contribution in [0.5, 0.6) is 0 Å². The lowest BCUT2D eigenvalue weighted by atomic mass is 9.85. The number of benzene rings is 1. The SMILES string of the molecule is CC1CCCCC1NC(CC#N)c1ccccc1. The Labute approximate surface area is 110 Å². The van der Waals surface area contributed by atoms with E-state index in [-0.39, 0.29) is 6.04 Å². The molecule has 96 valence electrons. The van der Waals surface area contributed by atoms with E-state index in [2.05, 4.69) is 30.4 Å². The van der Waals surface area contributed by atoms with E-state index in [1.54, 1.807) is 0 Å². The van der Waals surface area contributed by atoms with Gasteiger partial charge in [0, 0.05) is 12.1 Å². The Morgan fingerprint density at radius 3 is 2.67 bits per heavy atom. The van der Waals surface area contributed by atoms with Gasteiger partial charge in [0.1, 0.15) is 0 Å². The molecule has 1 aromatic carbocycles. The highest BCUT2D eigenvalue weighted by atomic mass is 15.0. The molecule has 2 nitrogen and oxygen atoms in total. The van der Waals surface area contributed by atoms with Crippen molar-refractivity contribution < 1.29 is 0 Å². The van der Waals surface area contributed by atoms with Crippen LogP contribution in [0.2, 0.25) is 0 Å². The summed E-state index contributed by atoms with van der Waals surface area (Å²) in [5, 5.41) is 12.7. The lowest BCUT2D eigenvalue weighted by Gasteiger charge is -2.33. The zero-order valence-electron chi connectivity index (χ0n) is 11.1. The number of hydrogen-bond acceptors (Lipinski definition) is 2. The number of nitrogens with zero attached hydrogens (tertiary/aromatic N) is 1. The molecule has 0 radical (unpaired) electrons. The molecule has 3 unspecified atom stereocenters. The van der Waals surface area contributed by atoms with E-state index in [0.717, 1.165) is 5.92 Å². The third kappa shape index (κ3) is 3.34. The molecule has 0 aliphatic heterocycles. The summed E-state index contributed by atoms with van der Waals surface area (Å²) >= 11 is 0. The minimum Gasteiger partial charge on any atom is -0.306 e. The maximum absolute atomic E-state index is 9.00. The minimum absolute atomic E-state index is 0.182. The van der Waals surface area contributed by atoms with Crippen molar-refractivity contribution in [2.45, 2.75) is 51.1 Å². The number of nitrogens with one attached hydrogen (secondary N) is 1. The van der Waals surface area contributed by atoms with E-state index in [1.807, 2.05) is 18.2 Å². The highest BCUT2D eigenvalue weighted by Crippen LogP contribution is 2.27. The standard InChI is InChI=1S/C16H22N2/c1-13-7-5-6-10-15(13)18-16(11-12-17)14-8-3-2-4-9-14/h2-4,8-9,13,15-16,18H,5-7,10-11H2,1H3. The van der Waals surface area contributed by atoms with Gasteiger partial charge in [0.25, 0.3) is 0 Å². The summed E-state index contributed by atoms with van der Waals surface area (Å²) < 4.78 is 0. The predicted octanol–water partition coefficient (Wildman–Crippen LogP) is 3.81. The first-order chi connectivity index (χ1) is 8.81. The van der Waals surface area contributed by atoms with Crippen LogP contribution in [-0.2, 0) is 0 Å². The largest absolute Gasteiger partial charge is 0.306 e. The van der Waals surface area contributed by atoms with E-state index in [9.17, 15) is 0 Å². The molecule has 0 heterocycles. The second-order valence-electron chi connectivity index (χ2n) is 5.36. The fraction of sp³-hybridized carbons (Fsp3) is 0.562. The maximum atomic E-state index is 9.00. The molecule has 0 bridgehead atoms. The van der Waals surface area contributed by atoms with Crippen molar-refractivity contribution in [2.75, 3.05) is 0 Å². The monoisotopic (exact) mass is 242 g/mol. The van der Waals surface area contributed by atoms with E-state index in [4.69, 9.17) is 5.26 Å². The van der Waals surface area contributed by atoms with Gasteiger partial charge in [-0.05, 0) is 24.3 Å². The van der Waals surface area contributed by atoms with Crippen molar-refractivity contribution in [3.63, 3.8) is 0 Å². The van der Waals surface area contributed by atoms with E-state index in [1.165, 1.54) is 31.2 Å². The van der Waals surface area contributed by atoms with Crippen molar-refractivity contribution >= 4 is 0 Å². The zero-order chi connectivity index (χ0) is 12.8. The zero-order valence-corrected chi connectivity index (χ0v) is 11.1. The van der Waals surface area contributed by atoms with Crippen LogP contribution in [0.25, 0.3) is 0 Å². The van der Waals surface area contributed by atoms with Gasteiger partial charge < -0.3 is 5.32 Å². The number of hydrogen-bond donors (Lipinski definition) is 1. The van der Waals surface area contributed by atoms with Crippen molar-refractivity contribution in [1.29, 1.82) is 5.26 Å². The minimum atomic E-state index is 0.182. The van der Waals surface area contributed by atoms with Gasteiger partial charge in [-0.25, -0.2) is 0 Å². The van der Waals surface area contributed by atoms with Crippen molar-refractivity contribution in [2.24, 2.45) is 5.92 Å². The molecule has 0 aromatic heterocycles. The number of nitriles is 1. The van der Waals surface area contributed by atoms with Crippen LogP contribution < -0.4 is 5.32 Å². The summed E-state index contributed by atoms with van der Waals surface area (Å²) in [5.74, 6) is 0.726. The van der Waals surface area contributed by atoms with Crippen LogP contribution in [-0.4, -0.2) is 6.04 Å². The molecule has 1 saturated carbocycles. The van der Waals surface area contributed by atoms with E-state index < -0.39 is 0 Å². The Morgan fingerprint density at radius 1 is 1.28 bits per heavy atom. The Morgan fingerprint density at radius 2 is 2.00 bits per heavy atom. The topological polar surface area (TPSA) is 35.8 Å². The molecule has 18 heavy (non-hydrogen) atoms. The normalized spacial score (nSPS) is 25.3. The van der Waals surface area contributed by atoms with Gasteiger partial charge in [-0.1, -0.05) is 50.1 Å². The smallest absolute Gasteiger partial charge is 0.0641 e. The summed E-state index contributed by atoms with van der Waals surface area (Å²) in [6.07, 6.45) is 5.78. The Balaban J connectivity index is 2.04. The molecule has 0 amide bonds. The predicted molar refractivity (Wildman–Crippen MR) is 74.0 cm³/mol. The van der Waals surface area contributed by atoms with Gasteiger partial charge in [-0.2, -0.15) is 5.26 Å². The van der Waals surface area contributed by atoms with Crippen molar-refractivity contribution in [3.05, 3.63) is 35.9 Å². The second kappa shape index (κ2) is 6.56. The summed E-state index contributed by atoms with van der Waals surface area (Å²) in [7, 11) is 0. The lowest BCUT2D eigenvalue weighted by Crippen LogP contribution is -2.39. The Hall–Kier alpha value is -1.33. The van der Waals surface area contributed by atoms with Gasteiger partial charge in [-0.15, -0.1) is 0 Å². The third-order valence-corrected chi connectivity index (χ3v) is 4.02. The van der Waals surface area contributed by atoms with E-state index in [0.29, 0.717) is 12.5 Å². The summed E-state index contributed by atoms with van der Waals surface area (Å²) in [6.45, 7) is 2.32. The second-order valence-corrected chi connectivity index (χ2v) is 5.36. The van der Waals surface area contributed by atoms with E-state index >= 15 is 0 Å².